The van der Waals surface area contributed by atoms with Gasteiger partial charge in [-0.05, 0) is 56.3 Å². The van der Waals surface area contributed by atoms with Crippen molar-refractivity contribution in [1.82, 2.24) is 15.5 Å². The molecule has 1 aromatic heterocycles. The second-order valence-electron chi connectivity index (χ2n) is 7.20. The summed E-state index contributed by atoms with van der Waals surface area (Å²) in [6, 6.07) is 9.37. The van der Waals surface area contributed by atoms with Crippen molar-refractivity contribution in [3.8, 4) is 0 Å². The normalized spacial score (nSPS) is 13.0. The Kier molecular flexibility index (Phi) is 11.6. The Morgan fingerprint density at radius 2 is 1.87 bits per heavy atom. The summed E-state index contributed by atoms with van der Waals surface area (Å²) in [6.07, 6.45) is 2.93. The van der Waals surface area contributed by atoms with Gasteiger partial charge in [0.15, 0.2) is 15.8 Å². The van der Waals surface area contributed by atoms with Crippen LogP contribution in [0.25, 0.3) is 0 Å². The van der Waals surface area contributed by atoms with Crippen LogP contribution in [-0.2, 0) is 16.4 Å². The zero-order valence-electron chi connectivity index (χ0n) is 19.0. The summed E-state index contributed by atoms with van der Waals surface area (Å²) < 4.78 is 29.3. The summed E-state index contributed by atoms with van der Waals surface area (Å²) in [5.41, 5.74) is 1.70. The van der Waals surface area contributed by atoms with E-state index in [4.69, 9.17) is 4.42 Å². The number of likely N-dealkylation sites (N-methyl/N-ethyl adjacent to an activating group) is 1. The highest BCUT2D eigenvalue weighted by atomic mass is 127. The number of benzene rings is 1. The zero-order chi connectivity index (χ0) is 22.1. The lowest BCUT2D eigenvalue weighted by atomic mass is 10.1. The molecular formula is C22H35IN4O3S. The lowest BCUT2D eigenvalue weighted by molar-refractivity contribution is 0.193. The molecule has 9 heteroatoms. The fourth-order valence-electron chi connectivity index (χ4n) is 3.49. The third-order valence-electron chi connectivity index (χ3n) is 4.99. The molecule has 174 valence electrons. The first-order valence-electron chi connectivity index (χ1n) is 10.4. The Labute approximate surface area is 203 Å². The number of halogens is 1. The smallest absolute Gasteiger partial charge is 0.191 e. The first-order valence-corrected chi connectivity index (χ1v) is 12.3. The Balaban J connectivity index is 0.00000480. The number of hydrogen-bond acceptors (Lipinski definition) is 5. The zero-order valence-corrected chi connectivity index (χ0v) is 22.2. The molecule has 0 fully saturated rings. The summed E-state index contributed by atoms with van der Waals surface area (Å²) in [7, 11) is -3.22. The molecule has 2 N–H and O–H groups in total. The van der Waals surface area contributed by atoms with Crippen LogP contribution in [0.2, 0.25) is 0 Å². The fraction of sp³-hybridized carbons (Fsp3) is 0.500. The third-order valence-corrected chi connectivity index (χ3v) is 6.25. The van der Waals surface area contributed by atoms with Gasteiger partial charge in [0.05, 0.1) is 23.7 Å². The van der Waals surface area contributed by atoms with E-state index in [-0.39, 0.29) is 30.0 Å². The summed E-state index contributed by atoms with van der Waals surface area (Å²) in [4.78, 5) is 7.37. The number of rotatable bonds is 10. The van der Waals surface area contributed by atoms with Gasteiger partial charge < -0.3 is 15.1 Å². The van der Waals surface area contributed by atoms with Crippen molar-refractivity contribution in [3.63, 3.8) is 0 Å². The van der Waals surface area contributed by atoms with Crippen LogP contribution in [0.15, 0.2) is 50.9 Å². The van der Waals surface area contributed by atoms with Crippen molar-refractivity contribution in [1.29, 1.82) is 0 Å². The second-order valence-corrected chi connectivity index (χ2v) is 9.18. The Morgan fingerprint density at radius 3 is 2.39 bits per heavy atom. The fourth-order valence-corrected chi connectivity index (χ4v) is 4.45. The molecule has 2 aromatic rings. The van der Waals surface area contributed by atoms with E-state index in [0.29, 0.717) is 23.9 Å². The number of guanidine groups is 1. The second kappa shape index (κ2) is 13.1. The molecule has 0 spiro atoms. The maximum absolute atomic E-state index is 11.8. The van der Waals surface area contributed by atoms with Gasteiger partial charge in [0.1, 0.15) is 5.76 Å². The van der Waals surface area contributed by atoms with Crippen LogP contribution < -0.4 is 10.6 Å². The minimum absolute atomic E-state index is 0. The number of sulfone groups is 1. The summed E-state index contributed by atoms with van der Waals surface area (Å²) in [6.45, 7) is 11.8. The Bertz CT molecular complexity index is 926. The van der Waals surface area contributed by atoms with Gasteiger partial charge in [-0.3, -0.25) is 4.90 Å². The van der Waals surface area contributed by atoms with Gasteiger partial charge in [0.2, 0.25) is 0 Å². The van der Waals surface area contributed by atoms with Crippen molar-refractivity contribution in [2.75, 3.05) is 32.4 Å². The van der Waals surface area contributed by atoms with Gasteiger partial charge >= 0.3 is 0 Å². The molecule has 31 heavy (non-hydrogen) atoms. The Morgan fingerprint density at radius 1 is 1.16 bits per heavy atom. The maximum Gasteiger partial charge on any atom is 0.191 e. The molecular weight excluding hydrogens is 527 g/mol. The predicted molar refractivity (Wildman–Crippen MR) is 137 cm³/mol. The molecule has 0 saturated carbocycles. The molecule has 1 aromatic carbocycles. The quantitative estimate of drug-likeness (QED) is 0.261. The van der Waals surface area contributed by atoms with E-state index in [1.54, 1.807) is 12.3 Å². The highest BCUT2D eigenvalue weighted by Gasteiger charge is 2.20. The molecule has 2 rings (SSSR count). The van der Waals surface area contributed by atoms with Crippen molar-refractivity contribution >= 4 is 39.8 Å². The molecule has 0 aliphatic heterocycles. The molecule has 7 nitrogen and oxygen atoms in total. The molecule has 1 atom stereocenters. The minimum Gasteiger partial charge on any atom is -0.468 e. The number of nitrogens with one attached hydrogen (secondary N) is 2. The topological polar surface area (TPSA) is 86.9 Å². The van der Waals surface area contributed by atoms with Crippen LogP contribution in [0, 0.1) is 6.92 Å². The van der Waals surface area contributed by atoms with Gasteiger partial charge in [-0.15, -0.1) is 24.0 Å². The van der Waals surface area contributed by atoms with E-state index < -0.39 is 9.84 Å². The number of nitrogens with zero attached hydrogens (tertiary/aromatic N) is 2. The van der Waals surface area contributed by atoms with Crippen LogP contribution in [0.5, 0.6) is 0 Å². The SMILES string of the molecule is CCNC(=NCc1ccc(S(C)(=O)=O)c(C)c1)NCC(c1ccco1)N(CC)CC.I. The van der Waals surface area contributed by atoms with Crippen LogP contribution in [-0.4, -0.2) is 51.7 Å². The molecule has 1 heterocycles. The molecule has 0 saturated heterocycles. The van der Waals surface area contributed by atoms with E-state index in [1.165, 1.54) is 6.26 Å². The monoisotopic (exact) mass is 562 g/mol. The largest absolute Gasteiger partial charge is 0.468 e. The number of furan rings is 1. The highest BCUT2D eigenvalue weighted by Crippen LogP contribution is 2.20. The molecule has 0 bridgehead atoms. The maximum atomic E-state index is 11.8. The van der Waals surface area contributed by atoms with Gasteiger partial charge in [-0.2, -0.15) is 0 Å². The molecule has 0 aliphatic rings. The number of aryl methyl sites for hydroxylation is 1. The van der Waals surface area contributed by atoms with Gasteiger partial charge in [-0.25, -0.2) is 13.4 Å². The number of hydrogen-bond donors (Lipinski definition) is 2. The number of aliphatic imine (C=N–C) groups is 1. The van der Waals surface area contributed by atoms with E-state index >= 15 is 0 Å². The van der Waals surface area contributed by atoms with Gasteiger partial charge in [0, 0.05) is 19.3 Å². The molecule has 0 radical (unpaired) electrons. The predicted octanol–water partition coefficient (Wildman–Crippen LogP) is 3.75. The van der Waals surface area contributed by atoms with E-state index in [0.717, 1.165) is 36.5 Å². The third kappa shape index (κ3) is 8.12. The van der Waals surface area contributed by atoms with E-state index in [2.05, 4.69) is 34.4 Å². The highest BCUT2D eigenvalue weighted by molar-refractivity contribution is 14.0. The van der Waals surface area contributed by atoms with Crippen molar-refractivity contribution in [3.05, 3.63) is 53.5 Å². The Hall–Kier alpha value is -1.59. The standard InChI is InChI=1S/C22H34N4O3S.HI/c1-6-23-22(24-15-18-11-12-21(17(4)14-18)30(5,27)28)25-16-19(26(7-2)8-3)20-10-9-13-29-20;/h9-14,19H,6-8,15-16H2,1-5H3,(H2,23,24,25);1H. The van der Waals surface area contributed by atoms with Crippen LogP contribution >= 0.6 is 24.0 Å². The summed E-state index contributed by atoms with van der Waals surface area (Å²) in [5, 5.41) is 6.69. The van der Waals surface area contributed by atoms with Gasteiger partial charge in [-0.1, -0.05) is 26.0 Å². The minimum atomic E-state index is -3.22. The first kappa shape index (κ1) is 27.4. The average molecular weight is 563 g/mol. The van der Waals surface area contributed by atoms with Crippen molar-refractivity contribution in [2.24, 2.45) is 4.99 Å². The van der Waals surface area contributed by atoms with E-state index in [1.807, 2.05) is 38.1 Å². The van der Waals surface area contributed by atoms with Crippen LogP contribution in [0.4, 0.5) is 0 Å². The van der Waals surface area contributed by atoms with Crippen LogP contribution in [0.1, 0.15) is 43.7 Å². The van der Waals surface area contributed by atoms with Crippen LogP contribution in [0.3, 0.4) is 0 Å². The lowest BCUT2D eigenvalue weighted by Crippen LogP contribution is -2.43. The van der Waals surface area contributed by atoms with Crippen molar-refractivity contribution in [2.45, 2.75) is 45.2 Å². The molecule has 0 aliphatic carbocycles. The first-order chi connectivity index (χ1) is 14.3. The molecule has 0 amide bonds. The van der Waals surface area contributed by atoms with Crippen molar-refractivity contribution < 1.29 is 12.8 Å². The van der Waals surface area contributed by atoms with E-state index in [9.17, 15) is 8.42 Å². The lowest BCUT2D eigenvalue weighted by Gasteiger charge is -2.28. The summed E-state index contributed by atoms with van der Waals surface area (Å²) in [5.74, 6) is 1.64. The molecule has 1 unspecified atom stereocenters. The summed E-state index contributed by atoms with van der Waals surface area (Å²) >= 11 is 0. The van der Waals surface area contributed by atoms with Gasteiger partial charge in [0.25, 0.3) is 0 Å². The average Bonchev–Trinajstić information content (AvgIpc) is 3.22.